The average Bonchev–Trinajstić information content (AvgIpc) is 1.57. The number of aromatic nitrogens is 18. The van der Waals surface area contributed by atoms with Crippen molar-refractivity contribution in [1.82, 2.24) is 89.7 Å². The van der Waals surface area contributed by atoms with Crippen LogP contribution >= 0.6 is 0 Å². The minimum Gasteiger partial charge on any atom is -0.359 e. The molecule has 0 atom stereocenters. The third kappa shape index (κ3) is 6.48. The lowest BCUT2D eigenvalue weighted by Crippen LogP contribution is -2.00. The van der Waals surface area contributed by atoms with Crippen LogP contribution < -0.4 is 0 Å². The summed E-state index contributed by atoms with van der Waals surface area (Å²) in [6.45, 7) is 0. The maximum atomic E-state index is 5.85. The summed E-state index contributed by atoms with van der Waals surface area (Å²) >= 11 is 0. The first kappa shape index (κ1) is 50.7. The van der Waals surface area contributed by atoms with E-state index in [0.29, 0.717) is 25.7 Å². The zero-order valence-electron chi connectivity index (χ0n) is 52.6. The van der Waals surface area contributed by atoms with E-state index in [1.54, 1.807) is 0 Å². The van der Waals surface area contributed by atoms with Crippen LogP contribution in [0, 0.1) is 0 Å². The monoisotopic (exact) mass is 1280 g/mol. The summed E-state index contributed by atoms with van der Waals surface area (Å²) in [6.07, 6.45) is 6.06. The number of H-pyrrole nitrogens is 10. The summed E-state index contributed by atoms with van der Waals surface area (Å²) in [7, 11) is 0. The van der Waals surface area contributed by atoms with Gasteiger partial charge in [-0.3, -0.25) is 0 Å². The van der Waals surface area contributed by atoms with Crippen LogP contribution in [0.1, 0.15) is 45.6 Å². The number of hydrogen-bond acceptors (Lipinski definition) is 8. The first-order chi connectivity index (χ1) is 49.4. The van der Waals surface area contributed by atoms with Crippen molar-refractivity contribution in [3.8, 4) is 90.1 Å². The highest BCUT2D eigenvalue weighted by Gasteiger charge is 2.33. The molecule has 464 valence electrons. The Hall–Kier alpha value is -13.7. The van der Waals surface area contributed by atoms with Gasteiger partial charge in [0, 0.05) is 171 Å². The van der Waals surface area contributed by atoms with Gasteiger partial charge in [-0.25, -0.2) is 39.9 Å². The molecule has 10 N–H and O–H groups in total. The molecular formula is C82H46N18. The van der Waals surface area contributed by atoms with E-state index < -0.39 is 0 Å². The topological polar surface area (TPSA) is 261 Å². The average molecular weight is 1280 g/mol. The molecule has 0 aliphatic carbocycles. The Bertz CT molecular complexity index is 7170. The fraction of sp³-hybridized carbons (Fsp3) is 0.0488. The predicted octanol–water partition coefficient (Wildman–Crippen LogP) is 18.1. The van der Waals surface area contributed by atoms with E-state index in [9.17, 15) is 0 Å². The molecule has 0 saturated heterocycles. The number of nitrogens with one attached hydrogen (secondary N) is 10. The molecule has 4 aliphatic rings. The maximum absolute atomic E-state index is 5.85. The Balaban J connectivity index is 0.788. The van der Waals surface area contributed by atoms with Crippen LogP contribution in [-0.2, 0) is 25.7 Å². The molecule has 18 nitrogen and oxygen atoms in total. The van der Waals surface area contributed by atoms with Crippen molar-refractivity contribution in [3.05, 3.63) is 216 Å². The van der Waals surface area contributed by atoms with Gasteiger partial charge in [-0.2, -0.15) is 0 Å². The first-order valence-electron chi connectivity index (χ1n) is 33.9. The second-order valence-electron chi connectivity index (χ2n) is 27.8. The lowest BCUT2D eigenvalue weighted by atomic mass is 10.0. The Kier molecular flexibility index (Phi) is 8.84. The van der Waals surface area contributed by atoms with Crippen molar-refractivity contribution in [3.63, 3.8) is 0 Å². The number of fused-ring (bicyclic) bond motifs is 30. The third-order valence-corrected chi connectivity index (χ3v) is 22.4. The first-order valence-corrected chi connectivity index (χ1v) is 33.9. The van der Waals surface area contributed by atoms with Gasteiger partial charge in [-0.05, 0) is 60.7 Å². The number of hydrogen-bond donors (Lipinski definition) is 10. The Morgan fingerprint density at radius 1 is 0.210 bits per heavy atom. The molecule has 0 saturated carbocycles. The van der Waals surface area contributed by atoms with E-state index >= 15 is 0 Å². The predicted molar refractivity (Wildman–Crippen MR) is 395 cm³/mol. The van der Waals surface area contributed by atoms with Crippen molar-refractivity contribution in [2.75, 3.05) is 0 Å². The van der Waals surface area contributed by atoms with Crippen LogP contribution in [0.5, 0.6) is 0 Å². The molecule has 4 aliphatic heterocycles. The number of pyridine rings is 8. The summed E-state index contributed by atoms with van der Waals surface area (Å²) < 4.78 is 0. The molecule has 26 rings (SSSR count). The van der Waals surface area contributed by atoms with Gasteiger partial charge in [0.1, 0.15) is 0 Å². The SMILES string of the molecule is c1cc2ccc3ccc4nc3c2nc1-c1c[nH]c2cc([nH]c12)Cc1[nH]c2c-4c3[nH]c2c1-c1ccc2ccc4ccc(nc4c2n1)-c1c2[nH]c4c(c([nH]c14)C3)-c1ccc3ccc4ccc(nc4c3n1)-c1c3[nH]c4c(c([nH]c14)C2)-c1ccc2ccc4ccc(nc4c2n1)-c1c[nH]c2cc([nH]c12)C3. The third-order valence-electron chi connectivity index (χ3n) is 22.4. The van der Waals surface area contributed by atoms with Crippen molar-refractivity contribution in [2.45, 2.75) is 25.7 Å². The van der Waals surface area contributed by atoms with Gasteiger partial charge in [-0.1, -0.05) is 97.1 Å². The van der Waals surface area contributed by atoms with Crippen molar-refractivity contribution in [1.29, 1.82) is 0 Å². The number of aromatic amines is 10. The summed E-state index contributed by atoms with van der Waals surface area (Å²) in [6, 6.07) is 56.5. The standard InChI is InChI=1S/C82H46N18/c1-3-35-13-21-49-63-55-29-57-65-51-23-15-39-8-6-38-12-20-48(90-72(38)74(39)93-51)62-54-26-42-28-60-76(86-42)44(32-84-60)46-18-10-34-2-4-36-14-22-50(92-70(36)68(34)88-46)64-56(98-78(62)80(64)96-54)30-58-66(82(99-57)81(65)100-58)52-24-16-40-7-5-37-11-19-47(89-71(37)73(40)94-52)61-53(95-79(63)77(61)97-55)25-41-27-59-75(85-41)43(31-83-59)45-17-9-33(1)67(87-45)69(35)91-49/h1-24,27-28,31-32,83-86,95-100H,25-26,29-30H2. The second kappa shape index (κ2) is 17.4. The summed E-state index contributed by atoms with van der Waals surface area (Å²) in [5.41, 5.74) is 38.4. The molecule has 18 heteroatoms. The van der Waals surface area contributed by atoms with Gasteiger partial charge >= 0.3 is 0 Å². The van der Waals surface area contributed by atoms with Gasteiger partial charge < -0.3 is 49.8 Å². The smallest absolute Gasteiger partial charge is 0.0972 e. The van der Waals surface area contributed by atoms with Gasteiger partial charge in [0.05, 0.1) is 145 Å². The minimum absolute atomic E-state index is 0.420. The van der Waals surface area contributed by atoms with E-state index in [0.717, 1.165) is 278 Å². The van der Waals surface area contributed by atoms with Gasteiger partial charge in [-0.15, -0.1) is 0 Å². The van der Waals surface area contributed by atoms with E-state index in [4.69, 9.17) is 39.9 Å². The van der Waals surface area contributed by atoms with E-state index in [1.165, 1.54) is 0 Å². The van der Waals surface area contributed by atoms with Crippen LogP contribution in [0.3, 0.4) is 0 Å². The summed E-state index contributed by atoms with van der Waals surface area (Å²) in [5, 5.41) is 7.97. The molecular weight excluding hydrogens is 1240 g/mol. The van der Waals surface area contributed by atoms with E-state index in [-0.39, 0.29) is 0 Å². The van der Waals surface area contributed by atoms with Gasteiger partial charge in [0.25, 0.3) is 0 Å². The Morgan fingerprint density at radius 2 is 0.420 bits per heavy atom. The Morgan fingerprint density at radius 3 is 0.670 bits per heavy atom. The van der Waals surface area contributed by atoms with Crippen LogP contribution in [0.4, 0.5) is 0 Å². The fourth-order valence-electron chi connectivity index (χ4n) is 17.8. The molecule has 22 heterocycles. The van der Waals surface area contributed by atoms with Crippen molar-refractivity contribution >= 4 is 142 Å². The molecule has 0 fully saturated rings. The molecule has 0 amide bonds. The highest BCUT2D eigenvalue weighted by molar-refractivity contribution is 6.14. The fourth-order valence-corrected chi connectivity index (χ4v) is 17.8. The molecule has 0 unspecified atom stereocenters. The molecule has 32 bridgehead atoms. The van der Waals surface area contributed by atoms with Gasteiger partial charge in [0.2, 0.25) is 0 Å². The number of nitrogens with zero attached hydrogens (tertiary/aromatic N) is 8. The van der Waals surface area contributed by atoms with Crippen molar-refractivity contribution < 1.29 is 0 Å². The molecule has 4 aromatic carbocycles. The van der Waals surface area contributed by atoms with Crippen LogP contribution in [0.2, 0.25) is 0 Å². The number of benzene rings is 4. The normalized spacial score (nSPS) is 13.6. The highest BCUT2D eigenvalue weighted by Crippen LogP contribution is 2.49. The lowest BCUT2D eigenvalue weighted by Gasteiger charge is -2.11. The zero-order chi connectivity index (χ0) is 64.2. The van der Waals surface area contributed by atoms with Crippen LogP contribution in [0.15, 0.2) is 170 Å². The minimum atomic E-state index is 0.420. The van der Waals surface area contributed by atoms with E-state index in [1.807, 2.05) is 0 Å². The van der Waals surface area contributed by atoms with E-state index in [2.05, 4.69) is 220 Å². The molecule has 18 aromatic heterocycles. The van der Waals surface area contributed by atoms with Crippen molar-refractivity contribution in [2.24, 2.45) is 0 Å². The Labute approximate surface area is 560 Å². The second-order valence-corrected chi connectivity index (χ2v) is 27.8. The maximum Gasteiger partial charge on any atom is 0.0972 e. The molecule has 0 spiro atoms. The van der Waals surface area contributed by atoms with Gasteiger partial charge in [0.15, 0.2) is 0 Å². The molecule has 22 aromatic rings. The number of rotatable bonds is 0. The highest BCUT2D eigenvalue weighted by atomic mass is 14.9. The van der Waals surface area contributed by atoms with Crippen LogP contribution in [0.25, 0.3) is 232 Å². The molecule has 0 radical (unpaired) electrons. The largest absolute Gasteiger partial charge is 0.359 e. The zero-order valence-corrected chi connectivity index (χ0v) is 52.6. The summed E-state index contributed by atoms with van der Waals surface area (Å²) in [4.78, 5) is 85.4. The molecule has 100 heavy (non-hydrogen) atoms. The quantitative estimate of drug-likeness (QED) is 0.0651. The summed E-state index contributed by atoms with van der Waals surface area (Å²) in [5.74, 6) is 0. The lowest BCUT2D eigenvalue weighted by molar-refractivity contribution is 1.05. The van der Waals surface area contributed by atoms with Crippen LogP contribution in [-0.4, -0.2) is 89.7 Å².